The molecular weight excluding hydrogens is 406 g/mol. The van der Waals surface area contributed by atoms with Crippen LogP contribution in [0.25, 0.3) is 22.3 Å². The van der Waals surface area contributed by atoms with Crippen molar-refractivity contribution in [1.82, 2.24) is 9.38 Å². The molecule has 4 nitrogen and oxygen atoms in total. The van der Waals surface area contributed by atoms with Gasteiger partial charge < -0.3 is 0 Å². The number of fused-ring (bicyclic) bond motifs is 1. The number of anilines is 1. The van der Waals surface area contributed by atoms with Crippen LogP contribution in [0.4, 0.5) is 5.69 Å². The van der Waals surface area contributed by atoms with E-state index in [4.69, 9.17) is 17.2 Å². The second-order valence-corrected chi connectivity index (χ2v) is 8.67. The second-order valence-electron chi connectivity index (χ2n) is 6.12. The molecule has 5 rings (SSSR count). The summed E-state index contributed by atoms with van der Waals surface area (Å²) in [5.74, 6) is -0.106. The molecule has 0 unspecified atom stereocenters. The number of amides is 1. The summed E-state index contributed by atoms with van der Waals surface area (Å²) in [7, 11) is 0. The summed E-state index contributed by atoms with van der Waals surface area (Å²) < 4.78 is 2.55. The number of carbonyl (C=O) groups is 1. The summed E-state index contributed by atoms with van der Waals surface area (Å²) >= 11 is 8.37. The molecule has 0 radical (unpaired) electrons. The normalized spacial score (nSPS) is 15.9. The highest BCUT2D eigenvalue weighted by Crippen LogP contribution is 2.37. The van der Waals surface area contributed by atoms with Crippen molar-refractivity contribution in [2.45, 2.75) is 0 Å². The van der Waals surface area contributed by atoms with Crippen molar-refractivity contribution in [3.05, 3.63) is 82.8 Å². The molecule has 2 aromatic carbocycles. The van der Waals surface area contributed by atoms with E-state index in [0.29, 0.717) is 9.23 Å². The lowest BCUT2D eigenvalue weighted by atomic mass is 10.1. The highest BCUT2D eigenvalue weighted by atomic mass is 32.2. The molecule has 4 aromatic rings. The number of imidazole rings is 1. The Morgan fingerprint density at radius 1 is 1.00 bits per heavy atom. The number of hydrogen-bond donors (Lipinski definition) is 0. The Balaban J connectivity index is 1.62. The van der Waals surface area contributed by atoms with Gasteiger partial charge in [0, 0.05) is 17.1 Å². The molecule has 0 bridgehead atoms. The molecule has 0 aliphatic carbocycles. The van der Waals surface area contributed by atoms with E-state index in [1.54, 1.807) is 16.2 Å². The predicted molar refractivity (Wildman–Crippen MR) is 121 cm³/mol. The predicted octanol–water partition coefficient (Wildman–Crippen LogP) is 5.47. The van der Waals surface area contributed by atoms with Crippen molar-refractivity contribution in [3.8, 4) is 11.3 Å². The van der Waals surface area contributed by atoms with Crippen molar-refractivity contribution in [1.29, 1.82) is 0 Å². The average molecular weight is 420 g/mol. The molecule has 136 valence electrons. The largest absolute Gasteiger partial charge is 0.290 e. The number of aromatic nitrogens is 2. The molecule has 2 aromatic heterocycles. The van der Waals surface area contributed by atoms with Gasteiger partial charge in [0.15, 0.2) is 9.28 Å². The zero-order valence-electron chi connectivity index (χ0n) is 14.5. The first-order chi connectivity index (χ1) is 13.7. The van der Waals surface area contributed by atoms with Crippen LogP contribution in [0.1, 0.15) is 5.69 Å². The van der Waals surface area contributed by atoms with E-state index < -0.39 is 0 Å². The van der Waals surface area contributed by atoms with E-state index in [1.807, 2.05) is 82.7 Å². The number of benzene rings is 2. The third kappa shape index (κ3) is 2.88. The highest BCUT2D eigenvalue weighted by molar-refractivity contribution is 8.27. The van der Waals surface area contributed by atoms with Crippen molar-refractivity contribution in [2.75, 3.05) is 4.90 Å². The average Bonchev–Trinajstić information content (AvgIpc) is 3.38. The number of hydrogen-bond acceptors (Lipinski definition) is 5. The quantitative estimate of drug-likeness (QED) is 0.326. The van der Waals surface area contributed by atoms with Gasteiger partial charge in [-0.05, 0) is 18.2 Å². The van der Waals surface area contributed by atoms with Gasteiger partial charge in [-0.3, -0.25) is 14.1 Å². The van der Waals surface area contributed by atoms with E-state index in [1.165, 1.54) is 11.8 Å². The first-order valence-electron chi connectivity index (χ1n) is 8.56. The van der Waals surface area contributed by atoms with Crippen LogP contribution >= 0.6 is 35.3 Å². The van der Waals surface area contributed by atoms with Crippen LogP contribution in [0.5, 0.6) is 0 Å². The van der Waals surface area contributed by atoms with E-state index in [-0.39, 0.29) is 5.91 Å². The molecule has 7 heteroatoms. The molecule has 1 aliphatic heterocycles. The van der Waals surface area contributed by atoms with Crippen molar-refractivity contribution in [2.24, 2.45) is 0 Å². The lowest BCUT2D eigenvalue weighted by molar-refractivity contribution is -0.113. The maximum absolute atomic E-state index is 13.1. The maximum Gasteiger partial charge on any atom is 0.270 e. The Hall–Kier alpha value is -2.74. The SMILES string of the molecule is O=C1/C(=C\c2c(-c3ccccc3)nc3sccn23)SC(=S)N1c1ccccc1. The summed E-state index contributed by atoms with van der Waals surface area (Å²) in [5, 5.41) is 1.99. The maximum atomic E-state index is 13.1. The second kappa shape index (κ2) is 7.01. The van der Waals surface area contributed by atoms with Gasteiger partial charge >= 0.3 is 0 Å². The zero-order valence-corrected chi connectivity index (χ0v) is 16.9. The Morgan fingerprint density at radius 2 is 1.71 bits per heavy atom. The fourth-order valence-electron chi connectivity index (χ4n) is 3.14. The third-order valence-electron chi connectivity index (χ3n) is 4.42. The van der Waals surface area contributed by atoms with Crippen molar-refractivity contribution >= 4 is 62.3 Å². The van der Waals surface area contributed by atoms with Crippen LogP contribution in [0.3, 0.4) is 0 Å². The first kappa shape index (κ1) is 17.4. The first-order valence-corrected chi connectivity index (χ1v) is 10.7. The van der Waals surface area contributed by atoms with Gasteiger partial charge in [0.25, 0.3) is 5.91 Å². The Kier molecular flexibility index (Phi) is 4.35. The van der Waals surface area contributed by atoms with Gasteiger partial charge in [-0.2, -0.15) is 0 Å². The summed E-state index contributed by atoms with van der Waals surface area (Å²) in [5.41, 5.74) is 3.54. The van der Waals surface area contributed by atoms with Gasteiger partial charge in [-0.15, -0.1) is 11.3 Å². The molecule has 0 atom stereocenters. The van der Waals surface area contributed by atoms with Crippen LogP contribution < -0.4 is 4.90 Å². The van der Waals surface area contributed by atoms with Crippen molar-refractivity contribution < 1.29 is 4.79 Å². The monoisotopic (exact) mass is 419 g/mol. The number of thiocarbonyl (C=S) groups is 1. The topological polar surface area (TPSA) is 37.6 Å². The van der Waals surface area contributed by atoms with Crippen LogP contribution in [0.15, 0.2) is 77.1 Å². The van der Waals surface area contributed by atoms with E-state index in [2.05, 4.69) is 0 Å². The standard InChI is InChI=1S/C21H13N3OS3/c25-19-17(28-21(26)24(19)15-9-5-2-6-10-15)13-16-18(14-7-3-1-4-8-14)22-20-23(16)11-12-27-20/h1-13H/b17-13+. The van der Waals surface area contributed by atoms with E-state index in [0.717, 1.165) is 27.6 Å². The number of carbonyl (C=O) groups excluding carboxylic acids is 1. The van der Waals surface area contributed by atoms with E-state index >= 15 is 0 Å². The molecule has 1 aliphatic rings. The van der Waals surface area contributed by atoms with Crippen LogP contribution in [-0.2, 0) is 4.79 Å². The molecule has 0 spiro atoms. The molecule has 0 N–H and O–H groups in total. The summed E-state index contributed by atoms with van der Waals surface area (Å²) in [6, 6.07) is 19.5. The Bertz CT molecular complexity index is 1230. The summed E-state index contributed by atoms with van der Waals surface area (Å²) in [6.07, 6.45) is 3.88. The molecule has 28 heavy (non-hydrogen) atoms. The number of nitrogens with zero attached hydrogens (tertiary/aromatic N) is 3. The van der Waals surface area contributed by atoms with Crippen LogP contribution in [0.2, 0.25) is 0 Å². The Labute approximate surface area is 175 Å². The minimum atomic E-state index is -0.106. The molecule has 1 amide bonds. The summed E-state index contributed by atoms with van der Waals surface area (Å²) in [4.78, 5) is 20.9. The number of rotatable bonds is 3. The third-order valence-corrected chi connectivity index (χ3v) is 6.48. The van der Waals surface area contributed by atoms with Gasteiger partial charge in [0.1, 0.15) is 0 Å². The molecule has 0 saturated carbocycles. The van der Waals surface area contributed by atoms with E-state index in [9.17, 15) is 4.79 Å². The molecule has 1 fully saturated rings. The minimum Gasteiger partial charge on any atom is -0.290 e. The van der Waals surface area contributed by atoms with Crippen LogP contribution in [0, 0.1) is 0 Å². The number of thiazole rings is 1. The van der Waals surface area contributed by atoms with Gasteiger partial charge in [0.05, 0.1) is 22.0 Å². The lowest BCUT2D eigenvalue weighted by Crippen LogP contribution is -2.27. The van der Waals surface area contributed by atoms with Gasteiger partial charge in [-0.25, -0.2) is 4.98 Å². The summed E-state index contributed by atoms with van der Waals surface area (Å²) in [6.45, 7) is 0. The molecule has 1 saturated heterocycles. The fourth-order valence-corrected chi connectivity index (χ4v) is 5.14. The van der Waals surface area contributed by atoms with Crippen LogP contribution in [-0.4, -0.2) is 19.6 Å². The fraction of sp³-hybridized carbons (Fsp3) is 0. The van der Waals surface area contributed by atoms with Crippen molar-refractivity contribution in [3.63, 3.8) is 0 Å². The minimum absolute atomic E-state index is 0.106. The Morgan fingerprint density at radius 3 is 2.46 bits per heavy atom. The zero-order chi connectivity index (χ0) is 19.1. The smallest absolute Gasteiger partial charge is 0.270 e. The highest BCUT2D eigenvalue weighted by Gasteiger charge is 2.33. The van der Waals surface area contributed by atoms with Gasteiger partial charge in [-0.1, -0.05) is 72.5 Å². The lowest BCUT2D eigenvalue weighted by Gasteiger charge is -2.13. The van der Waals surface area contributed by atoms with Gasteiger partial charge in [0.2, 0.25) is 0 Å². The number of thioether (sulfide) groups is 1. The number of para-hydroxylation sites is 1. The molecular formula is C21H13N3OS3. The molecule has 3 heterocycles.